The van der Waals surface area contributed by atoms with E-state index in [4.69, 9.17) is 18.9 Å². The molecule has 0 aromatic heterocycles. The van der Waals surface area contributed by atoms with Crippen molar-refractivity contribution in [3.63, 3.8) is 0 Å². The van der Waals surface area contributed by atoms with Crippen molar-refractivity contribution in [1.82, 2.24) is 0 Å². The summed E-state index contributed by atoms with van der Waals surface area (Å²) >= 11 is 0. The van der Waals surface area contributed by atoms with Gasteiger partial charge in [-0.3, -0.25) is 0 Å². The Morgan fingerprint density at radius 2 is 0.750 bits per heavy atom. The van der Waals surface area contributed by atoms with E-state index >= 15 is 0 Å². The van der Waals surface area contributed by atoms with E-state index in [2.05, 4.69) is 27.7 Å². The molecule has 0 bridgehead atoms. The van der Waals surface area contributed by atoms with Gasteiger partial charge in [0.1, 0.15) is 0 Å². The number of rotatable bonds is 1. The Bertz CT molecular complexity index is 478. The summed E-state index contributed by atoms with van der Waals surface area (Å²) in [5, 5.41) is 0. The molecule has 2 saturated heterocycles. The average Bonchev–Trinajstić information content (AvgIpc) is 3.23. The standard InChI is InChI=1S/C20H30O4/c1-19(2)21-13-5-9-10(6-14(13)22-19)17(9)18-11-7-15-16(8-12(11)18)24-20(3,4)23-15/h9-18H,5-8H2,1-4H3/t9-,10+,11-,12+,13+,14-,15+,16-,17?,18?. The van der Waals surface area contributed by atoms with Crippen LogP contribution in [0.4, 0.5) is 0 Å². The first-order chi connectivity index (χ1) is 11.3. The first kappa shape index (κ1) is 15.0. The molecule has 6 fully saturated rings. The maximum Gasteiger partial charge on any atom is 0.163 e. The van der Waals surface area contributed by atoms with Gasteiger partial charge in [-0.25, -0.2) is 0 Å². The summed E-state index contributed by atoms with van der Waals surface area (Å²) in [5.41, 5.74) is 0. The van der Waals surface area contributed by atoms with E-state index in [1.807, 2.05) is 0 Å². The highest BCUT2D eigenvalue weighted by Crippen LogP contribution is 2.72. The van der Waals surface area contributed by atoms with Crippen molar-refractivity contribution >= 4 is 0 Å². The van der Waals surface area contributed by atoms with Gasteiger partial charge in [-0.05, 0) is 88.9 Å². The second-order valence-corrected chi connectivity index (χ2v) is 10.2. The largest absolute Gasteiger partial charge is 0.345 e. The van der Waals surface area contributed by atoms with Gasteiger partial charge in [0.2, 0.25) is 0 Å². The van der Waals surface area contributed by atoms with Crippen molar-refractivity contribution in [2.75, 3.05) is 0 Å². The van der Waals surface area contributed by atoms with Crippen LogP contribution in [-0.4, -0.2) is 36.0 Å². The molecule has 24 heavy (non-hydrogen) atoms. The molecule has 4 saturated carbocycles. The third kappa shape index (κ3) is 2.06. The predicted molar refractivity (Wildman–Crippen MR) is 87.1 cm³/mol. The molecule has 2 heterocycles. The lowest BCUT2D eigenvalue weighted by Gasteiger charge is -2.20. The van der Waals surface area contributed by atoms with Crippen LogP contribution < -0.4 is 0 Å². The number of hydrogen-bond acceptors (Lipinski definition) is 4. The predicted octanol–water partition coefficient (Wildman–Crippen LogP) is 3.34. The van der Waals surface area contributed by atoms with Gasteiger partial charge in [0.05, 0.1) is 24.4 Å². The van der Waals surface area contributed by atoms with Crippen LogP contribution in [0.2, 0.25) is 0 Å². The molecular formula is C20H30O4. The van der Waals surface area contributed by atoms with Gasteiger partial charge < -0.3 is 18.9 Å². The summed E-state index contributed by atoms with van der Waals surface area (Å²) in [5.74, 6) is 4.74. The van der Waals surface area contributed by atoms with E-state index in [0.717, 1.165) is 35.5 Å². The smallest absolute Gasteiger partial charge is 0.163 e. The fourth-order valence-electron chi connectivity index (χ4n) is 7.11. The highest BCUT2D eigenvalue weighted by atomic mass is 16.8. The zero-order valence-electron chi connectivity index (χ0n) is 15.2. The summed E-state index contributed by atoms with van der Waals surface area (Å²) in [7, 11) is 0. The molecule has 6 aliphatic rings. The van der Waals surface area contributed by atoms with Crippen LogP contribution in [0.1, 0.15) is 53.4 Å². The van der Waals surface area contributed by atoms with Crippen LogP contribution in [0.25, 0.3) is 0 Å². The van der Waals surface area contributed by atoms with E-state index in [1.54, 1.807) is 0 Å². The molecule has 4 aliphatic carbocycles. The van der Waals surface area contributed by atoms with Gasteiger partial charge in [0.25, 0.3) is 0 Å². The summed E-state index contributed by atoms with van der Waals surface area (Å²) in [6.07, 6.45) is 6.30. The van der Waals surface area contributed by atoms with E-state index in [0.29, 0.717) is 24.4 Å². The van der Waals surface area contributed by atoms with Crippen molar-refractivity contribution in [3.8, 4) is 0 Å². The Labute approximate surface area is 144 Å². The van der Waals surface area contributed by atoms with Gasteiger partial charge >= 0.3 is 0 Å². The Kier molecular flexibility index (Phi) is 2.73. The second kappa shape index (κ2) is 4.39. The van der Waals surface area contributed by atoms with Crippen LogP contribution in [0, 0.1) is 35.5 Å². The molecular weight excluding hydrogens is 304 g/mol. The van der Waals surface area contributed by atoms with Gasteiger partial charge in [0, 0.05) is 0 Å². The molecule has 0 aromatic rings. The highest BCUT2D eigenvalue weighted by Gasteiger charge is 2.70. The number of fused-ring (bicyclic) bond motifs is 4. The molecule has 0 N–H and O–H groups in total. The number of ether oxygens (including phenoxy) is 4. The SMILES string of the molecule is CC1(C)O[C@H]2C[C@H]3C(C4[C@H]5C[C@H]6OC(C)(C)O[C@H]6C[C@@H]45)[C@H]3C[C@H]2O1. The Morgan fingerprint density at radius 3 is 1.00 bits per heavy atom. The Morgan fingerprint density at radius 1 is 0.500 bits per heavy atom. The molecule has 0 radical (unpaired) electrons. The van der Waals surface area contributed by atoms with Crippen molar-refractivity contribution < 1.29 is 18.9 Å². The topological polar surface area (TPSA) is 36.9 Å². The summed E-state index contributed by atoms with van der Waals surface area (Å²) in [6.45, 7) is 8.24. The lowest BCUT2D eigenvalue weighted by atomic mass is 9.95. The maximum atomic E-state index is 6.14. The van der Waals surface area contributed by atoms with E-state index < -0.39 is 0 Å². The minimum Gasteiger partial charge on any atom is -0.345 e. The van der Waals surface area contributed by atoms with Crippen LogP contribution in [0.3, 0.4) is 0 Å². The lowest BCUT2D eigenvalue weighted by molar-refractivity contribution is -0.147. The number of hydrogen-bond donors (Lipinski definition) is 0. The molecule has 0 aromatic carbocycles. The molecule has 0 amide bonds. The third-order valence-electron chi connectivity index (χ3n) is 7.83. The Balaban J connectivity index is 1.12. The third-order valence-corrected chi connectivity index (χ3v) is 7.83. The zero-order valence-corrected chi connectivity index (χ0v) is 15.2. The van der Waals surface area contributed by atoms with Crippen molar-refractivity contribution in [2.24, 2.45) is 35.5 Å². The van der Waals surface area contributed by atoms with Crippen LogP contribution in [0.15, 0.2) is 0 Å². The van der Waals surface area contributed by atoms with Gasteiger partial charge in [0.15, 0.2) is 11.6 Å². The summed E-state index contributed by atoms with van der Waals surface area (Å²) < 4.78 is 24.6. The molecule has 2 unspecified atom stereocenters. The van der Waals surface area contributed by atoms with E-state index in [9.17, 15) is 0 Å². The molecule has 4 heteroatoms. The normalized spacial score (nSPS) is 61.5. The fraction of sp³-hybridized carbons (Fsp3) is 1.00. The molecule has 4 nitrogen and oxygen atoms in total. The van der Waals surface area contributed by atoms with E-state index in [-0.39, 0.29) is 11.6 Å². The monoisotopic (exact) mass is 334 g/mol. The molecule has 6 rings (SSSR count). The van der Waals surface area contributed by atoms with Crippen molar-refractivity contribution in [3.05, 3.63) is 0 Å². The van der Waals surface area contributed by atoms with Crippen LogP contribution in [0.5, 0.6) is 0 Å². The lowest BCUT2D eigenvalue weighted by Crippen LogP contribution is -2.27. The highest BCUT2D eigenvalue weighted by molar-refractivity contribution is 5.18. The Hall–Kier alpha value is -0.160. The minimum absolute atomic E-state index is 0.346. The second-order valence-electron chi connectivity index (χ2n) is 10.2. The van der Waals surface area contributed by atoms with Gasteiger partial charge in [-0.2, -0.15) is 0 Å². The van der Waals surface area contributed by atoms with Crippen molar-refractivity contribution in [1.29, 1.82) is 0 Å². The van der Waals surface area contributed by atoms with E-state index in [1.165, 1.54) is 25.7 Å². The van der Waals surface area contributed by atoms with Gasteiger partial charge in [-0.15, -0.1) is 0 Å². The fourth-order valence-corrected chi connectivity index (χ4v) is 7.11. The molecule has 2 aliphatic heterocycles. The van der Waals surface area contributed by atoms with Crippen LogP contribution >= 0.6 is 0 Å². The summed E-state index contributed by atoms with van der Waals surface area (Å²) in [6, 6.07) is 0. The zero-order chi connectivity index (χ0) is 16.4. The molecule has 134 valence electrons. The molecule has 0 spiro atoms. The van der Waals surface area contributed by atoms with Gasteiger partial charge in [-0.1, -0.05) is 0 Å². The first-order valence-electron chi connectivity index (χ1n) is 10.0. The van der Waals surface area contributed by atoms with Crippen LogP contribution in [-0.2, 0) is 18.9 Å². The summed E-state index contributed by atoms with van der Waals surface area (Å²) in [4.78, 5) is 0. The molecule has 10 atom stereocenters. The first-order valence-corrected chi connectivity index (χ1v) is 10.0. The minimum atomic E-state index is -0.367. The average molecular weight is 334 g/mol. The maximum absolute atomic E-state index is 6.14. The quantitative estimate of drug-likeness (QED) is 0.737. The van der Waals surface area contributed by atoms with Crippen molar-refractivity contribution in [2.45, 2.75) is 89.4 Å².